The fourth-order valence-electron chi connectivity index (χ4n) is 2.09. The zero-order chi connectivity index (χ0) is 15.2. The van der Waals surface area contributed by atoms with Gasteiger partial charge in [0.15, 0.2) is 0 Å². The van der Waals surface area contributed by atoms with Crippen molar-refractivity contribution in [2.45, 2.75) is 6.04 Å². The Morgan fingerprint density at radius 1 is 1.45 bits per heavy atom. The van der Waals surface area contributed by atoms with Crippen LogP contribution in [0.2, 0.25) is 0 Å². The van der Waals surface area contributed by atoms with E-state index in [-0.39, 0.29) is 11.9 Å². The lowest BCUT2D eigenvalue weighted by atomic mass is 10.1. The first-order valence-electron chi connectivity index (χ1n) is 6.83. The summed E-state index contributed by atoms with van der Waals surface area (Å²) in [6, 6.07) is 7.48. The van der Waals surface area contributed by atoms with E-state index in [9.17, 15) is 4.79 Å². The average molecular weight is 313 g/mol. The highest BCUT2D eigenvalue weighted by Gasteiger charge is 2.15. The third-order valence-electron chi connectivity index (χ3n) is 3.18. The van der Waals surface area contributed by atoms with E-state index in [0.29, 0.717) is 12.3 Å². The molecule has 22 heavy (non-hydrogen) atoms. The van der Waals surface area contributed by atoms with Gasteiger partial charge in [-0.2, -0.15) is 16.4 Å². The second-order valence-corrected chi connectivity index (χ2v) is 5.43. The van der Waals surface area contributed by atoms with Gasteiger partial charge >= 0.3 is 0 Å². The fourth-order valence-corrected chi connectivity index (χ4v) is 2.80. The van der Waals surface area contributed by atoms with Gasteiger partial charge in [-0.15, -0.1) is 0 Å². The summed E-state index contributed by atoms with van der Waals surface area (Å²) >= 11 is 1.63. The number of hydrogen-bond donors (Lipinski definition) is 1. The molecule has 0 saturated carbocycles. The Bertz CT molecular complexity index is 681. The van der Waals surface area contributed by atoms with Crippen molar-refractivity contribution in [3.63, 3.8) is 0 Å². The lowest BCUT2D eigenvalue weighted by Crippen LogP contribution is -2.30. The molecule has 0 aliphatic rings. The number of nitrogens with zero attached hydrogens (tertiary/aromatic N) is 2. The molecule has 1 N–H and O–H groups in total. The van der Waals surface area contributed by atoms with E-state index in [1.165, 1.54) is 6.08 Å². The van der Waals surface area contributed by atoms with Crippen LogP contribution in [-0.4, -0.2) is 22.2 Å². The van der Waals surface area contributed by atoms with Crippen molar-refractivity contribution in [1.29, 1.82) is 0 Å². The Morgan fingerprint density at radius 3 is 3.09 bits per heavy atom. The maximum absolute atomic E-state index is 11.9. The van der Waals surface area contributed by atoms with Crippen LogP contribution in [0.5, 0.6) is 0 Å². The third-order valence-corrected chi connectivity index (χ3v) is 3.89. The molecule has 3 aromatic heterocycles. The molecule has 3 rings (SSSR count). The number of carbonyl (C=O) groups is 1. The molecule has 1 amide bonds. The molecule has 3 aromatic rings. The molecule has 3 heterocycles. The number of hydrogen-bond acceptors (Lipinski definition) is 4. The number of aromatic nitrogens is 2. The molecule has 5 nitrogen and oxygen atoms in total. The Morgan fingerprint density at radius 2 is 2.41 bits per heavy atom. The lowest BCUT2D eigenvalue weighted by molar-refractivity contribution is -0.116. The minimum atomic E-state index is -0.163. The van der Waals surface area contributed by atoms with Gasteiger partial charge in [0, 0.05) is 25.0 Å². The van der Waals surface area contributed by atoms with Crippen molar-refractivity contribution in [3.8, 4) is 0 Å². The molecule has 0 spiro atoms. The molecule has 6 heteroatoms. The van der Waals surface area contributed by atoms with Gasteiger partial charge in [-0.1, -0.05) is 0 Å². The van der Waals surface area contributed by atoms with Gasteiger partial charge in [-0.25, -0.2) is 0 Å². The quantitative estimate of drug-likeness (QED) is 0.712. The predicted octanol–water partition coefficient (Wildman–Crippen LogP) is 2.96. The van der Waals surface area contributed by atoms with Crippen LogP contribution in [0, 0.1) is 0 Å². The first-order chi connectivity index (χ1) is 10.8. The first-order valence-corrected chi connectivity index (χ1v) is 7.78. The van der Waals surface area contributed by atoms with Crippen molar-refractivity contribution in [2.75, 3.05) is 6.54 Å². The highest BCUT2D eigenvalue weighted by Crippen LogP contribution is 2.19. The Balaban J connectivity index is 1.63. The summed E-state index contributed by atoms with van der Waals surface area (Å²) in [6.45, 7) is 0.472. The molecule has 0 aliphatic carbocycles. The Kier molecular flexibility index (Phi) is 4.50. The fraction of sp³-hybridized carbons (Fsp3) is 0.125. The van der Waals surface area contributed by atoms with E-state index in [4.69, 9.17) is 4.42 Å². The molecular weight excluding hydrogens is 298 g/mol. The standard InChI is InChI=1S/C16H15N3O2S/c20-16(5-4-14-3-1-9-21-14)17-11-15(13-6-10-22-12-13)19-8-2-7-18-19/h1-10,12,15H,11H2,(H,17,20). The number of carbonyl (C=O) groups excluding carboxylic acids is 1. The largest absolute Gasteiger partial charge is 0.465 e. The van der Waals surface area contributed by atoms with E-state index in [1.807, 2.05) is 28.4 Å². The van der Waals surface area contributed by atoms with Crippen molar-refractivity contribution >= 4 is 23.3 Å². The van der Waals surface area contributed by atoms with E-state index >= 15 is 0 Å². The third kappa shape index (κ3) is 3.53. The van der Waals surface area contributed by atoms with E-state index in [1.54, 1.807) is 42.0 Å². The molecule has 0 fully saturated rings. The van der Waals surface area contributed by atoms with Crippen LogP contribution in [-0.2, 0) is 4.79 Å². The topological polar surface area (TPSA) is 60.1 Å². The predicted molar refractivity (Wildman–Crippen MR) is 85.4 cm³/mol. The zero-order valence-corrected chi connectivity index (χ0v) is 12.6. The highest BCUT2D eigenvalue weighted by atomic mass is 32.1. The normalized spacial score (nSPS) is 12.5. The molecule has 1 unspecified atom stereocenters. The molecule has 1 atom stereocenters. The summed E-state index contributed by atoms with van der Waals surface area (Å²) in [7, 11) is 0. The van der Waals surface area contributed by atoms with E-state index < -0.39 is 0 Å². The molecular formula is C16H15N3O2S. The summed E-state index contributed by atoms with van der Waals surface area (Å²) < 4.78 is 6.99. The van der Waals surface area contributed by atoms with Crippen molar-refractivity contribution in [1.82, 2.24) is 15.1 Å². The zero-order valence-electron chi connectivity index (χ0n) is 11.8. The summed E-state index contributed by atoms with van der Waals surface area (Å²) in [5.74, 6) is 0.486. The smallest absolute Gasteiger partial charge is 0.244 e. The van der Waals surface area contributed by atoms with Crippen LogP contribution < -0.4 is 5.32 Å². The maximum Gasteiger partial charge on any atom is 0.244 e. The van der Waals surface area contributed by atoms with Crippen molar-refractivity contribution in [2.24, 2.45) is 0 Å². The number of amides is 1. The monoisotopic (exact) mass is 313 g/mol. The van der Waals surface area contributed by atoms with Crippen molar-refractivity contribution < 1.29 is 9.21 Å². The van der Waals surface area contributed by atoms with Crippen LogP contribution in [0.1, 0.15) is 17.4 Å². The van der Waals surface area contributed by atoms with Crippen LogP contribution >= 0.6 is 11.3 Å². The van der Waals surface area contributed by atoms with Gasteiger partial charge in [-0.05, 0) is 46.7 Å². The molecule has 112 valence electrons. The molecule has 0 bridgehead atoms. The number of thiophene rings is 1. The molecule has 0 saturated heterocycles. The number of rotatable bonds is 6. The van der Waals surface area contributed by atoms with Gasteiger partial charge in [0.25, 0.3) is 0 Å². The summed E-state index contributed by atoms with van der Waals surface area (Å²) in [4.78, 5) is 11.9. The van der Waals surface area contributed by atoms with E-state index in [2.05, 4.69) is 15.8 Å². The van der Waals surface area contributed by atoms with Gasteiger partial charge in [-0.3, -0.25) is 9.48 Å². The second kappa shape index (κ2) is 6.91. The minimum Gasteiger partial charge on any atom is -0.465 e. The Hall–Kier alpha value is -2.60. The van der Waals surface area contributed by atoms with Gasteiger partial charge in [0.2, 0.25) is 5.91 Å². The molecule has 0 aromatic carbocycles. The van der Waals surface area contributed by atoms with Gasteiger partial charge < -0.3 is 9.73 Å². The lowest BCUT2D eigenvalue weighted by Gasteiger charge is -2.16. The number of nitrogens with one attached hydrogen (secondary N) is 1. The van der Waals surface area contributed by atoms with Crippen LogP contribution in [0.25, 0.3) is 6.08 Å². The average Bonchev–Trinajstić information content (AvgIpc) is 3.27. The molecule has 0 radical (unpaired) electrons. The summed E-state index contributed by atoms with van der Waals surface area (Å²) in [6.07, 6.45) is 8.31. The van der Waals surface area contributed by atoms with Crippen LogP contribution in [0.4, 0.5) is 0 Å². The first kappa shape index (κ1) is 14.3. The van der Waals surface area contributed by atoms with Crippen LogP contribution in [0.15, 0.2) is 64.2 Å². The van der Waals surface area contributed by atoms with Gasteiger partial charge in [0.05, 0.1) is 12.3 Å². The van der Waals surface area contributed by atoms with Gasteiger partial charge in [0.1, 0.15) is 5.76 Å². The summed E-state index contributed by atoms with van der Waals surface area (Å²) in [5.41, 5.74) is 1.13. The summed E-state index contributed by atoms with van der Waals surface area (Å²) in [5, 5.41) is 11.3. The maximum atomic E-state index is 11.9. The van der Waals surface area contributed by atoms with Crippen LogP contribution in [0.3, 0.4) is 0 Å². The second-order valence-electron chi connectivity index (χ2n) is 4.65. The minimum absolute atomic E-state index is 0.0118. The molecule has 0 aliphatic heterocycles. The van der Waals surface area contributed by atoms with E-state index in [0.717, 1.165) is 5.56 Å². The Labute approximate surface area is 131 Å². The van der Waals surface area contributed by atoms with Crippen molar-refractivity contribution in [3.05, 3.63) is 71.1 Å². The highest BCUT2D eigenvalue weighted by molar-refractivity contribution is 7.07. The SMILES string of the molecule is O=C(C=Cc1ccco1)NCC(c1ccsc1)n1cccn1. The number of furan rings is 1.